The van der Waals surface area contributed by atoms with Crippen molar-refractivity contribution in [3.8, 4) is 28.6 Å². The average molecular weight is 478 g/mol. The SMILES string of the molecule is COc1cc2c(C(=O)O)c(-c3ccc(Oc4ccc(F)cc4)cc3)oc2cc1N(CCN)C(C)=O. The maximum atomic E-state index is 13.1. The number of amides is 1. The lowest BCUT2D eigenvalue weighted by molar-refractivity contribution is -0.116. The van der Waals surface area contributed by atoms with Gasteiger partial charge in [-0.05, 0) is 54.6 Å². The number of aromatic carboxylic acids is 1. The number of nitrogens with two attached hydrogens (primary N) is 1. The van der Waals surface area contributed by atoms with E-state index in [-0.39, 0.29) is 41.7 Å². The Labute approximate surface area is 200 Å². The fourth-order valence-corrected chi connectivity index (χ4v) is 3.79. The Morgan fingerprint density at radius 3 is 2.23 bits per heavy atom. The van der Waals surface area contributed by atoms with Crippen molar-refractivity contribution in [2.75, 3.05) is 25.1 Å². The zero-order chi connectivity index (χ0) is 25.1. The van der Waals surface area contributed by atoms with Gasteiger partial charge in [-0.3, -0.25) is 4.79 Å². The second-order valence-electron chi connectivity index (χ2n) is 7.67. The van der Waals surface area contributed by atoms with Gasteiger partial charge in [-0.2, -0.15) is 0 Å². The highest BCUT2D eigenvalue weighted by Crippen LogP contribution is 2.40. The van der Waals surface area contributed by atoms with Crippen molar-refractivity contribution in [2.45, 2.75) is 6.92 Å². The predicted molar refractivity (Wildman–Crippen MR) is 129 cm³/mol. The molecular weight excluding hydrogens is 455 g/mol. The minimum Gasteiger partial charge on any atom is -0.495 e. The molecule has 3 aromatic carbocycles. The Kier molecular flexibility index (Phi) is 6.70. The van der Waals surface area contributed by atoms with Crippen LogP contribution in [0.15, 0.2) is 65.1 Å². The molecule has 0 spiro atoms. The van der Waals surface area contributed by atoms with Crippen LogP contribution in [0.5, 0.6) is 17.2 Å². The van der Waals surface area contributed by atoms with Gasteiger partial charge in [0.1, 0.15) is 40.0 Å². The molecule has 8 nitrogen and oxygen atoms in total. The van der Waals surface area contributed by atoms with Crippen molar-refractivity contribution < 1.29 is 33.0 Å². The van der Waals surface area contributed by atoms with Crippen LogP contribution in [0.1, 0.15) is 17.3 Å². The zero-order valence-electron chi connectivity index (χ0n) is 19.1. The van der Waals surface area contributed by atoms with Gasteiger partial charge in [-0.25, -0.2) is 9.18 Å². The van der Waals surface area contributed by atoms with Gasteiger partial charge in [0.05, 0.1) is 12.8 Å². The molecule has 0 saturated heterocycles. The van der Waals surface area contributed by atoms with Gasteiger partial charge < -0.3 is 29.6 Å². The Morgan fingerprint density at radius 2 is 1.69 bits per heavy atom. The number of anilines is 1. The summed E-state index contributed by atoms with van der Waals surface area (Å²) in [4.78, 5) is 25.8. The average Bonchev–Trinajstić information content (AvgIpc) is 3.22. The lowest BCUT2D eigenvalue weighted by Gasteiger charge is -2.22. The van der Waals surface area contributed by atoms with E-state index in [1.807, 2.05) is 0 Å². The van der Waals surface area contributed by atoms with Crippen LogP contribution in [0, 0.1) is 5.82 Å². The third-order valence-corrected chi connectivity index (χ3v) is 5.39. The highest BCUT2D eigenvalue weighted by atomic mass is 19.1. The summed E-state index contributed by atoms with van der Waals surface area (Å²) in [5, 5.41) is 10.3. The maximum absolute atomic E-state index is 13.1. The van der Waals surface area contributed by atoms with E-state index in [2.05, 4.69) is 0 Å². The first-order valence-electron chi connectivity index (χ1n) is 10.7. The number of carbonyl (C=O) groups excluding carboxylic acids is 1. The number of fused-ring (bicyclic) bond motifs is 1. The molecule has 0 saturated carbocycles. The molecule has 0 unspecified atom stereocenters. The van der Waals surface area contributed by atoms with Gasteiger partial charge in [0.25, 0.3) is 0 Å². The highest BCUT2D eigenvalue weighted by Gasteiger charge is 2.25. The Bertz CT molecular complexity index is 1380. The van der Waals surface area contributed by atoms with Crippen LogP contribution in [0.3, 0.4) is 0 Å². The van der Waals surface area contributed by atoms with Gasteiger partial charge in [-0.15, -0.1) is 0 Å². The number of halogens is 1. The molecule has 4 aromatic rings. The number of benzene rings is 3. The normalized spacial score (nSPS) is 10.9. The van der Waals surface area contributed by atoms with E-state index in [0.29, 0.717) is 33.9 Å². The summed E-state index contributed by atoms with van der Waals surface area (Å²) in [6.07, 6.45) is 0. The van der Waals surface area contributed by atoms with Crippen LogP contribution in [0.2, 0.25) is 0 Å². The summed E-state index contributed by atoms with van der Waals surface area (Å²) in [6.45, 7) is 1.90. The van der Waals surface area contributed by atoms with Gasteiger partial charge in [0.2, 0.25) is 5.91 Å². The second kappa shape index (κ2) is 9.86. The smallest absolute Gasteiger partial charge is 0.340 e. The summed E-state index contributed by atoms with van der Waals surface area (Å²) >= 11 is 0. The number of hydrogen-bond donors (Lipinski definition) is 2. The van der Waals surface area contributed by atoms with Gasteiger partial charge in [-0.1, -0.05) is 0 Å². The largest absolute Gasteiger partial charge is 0.495 e. The summed E-state index contributed by atoms with van der Waals surface area (Å²) < 4.78 is 30.2. The minimum atomic E-state index is -1.18. The zero-order valence-corrected chi connectivity index (χ0v) is 19.1. The third-order valence-electron chi connectivity index (χ3n) is 5.39. The number of ether oxygens (including phenoxy) is 2. The Balaban J connectivity index is 1.77. The molecule has 9 heteroatoms. The molecule has 0 aliphatic heterocycles. The molecule has 0 radical (unpaired) electrons. The van der Waals surface area contributed by atoms with E-state index in [0.717, 1.165) is 0 Å². The van der Waals surface area contributed by atoms with Crippen molar-refractivity contribution in [1.29, 1.82) is 0 Å². The highest BCUT2D eigenvalue weighted by molar-refractivity contribution is 6.10. The maximum Gasteiger partial charge on any atom is 0.340 e. The topological polar surface area (TPSA) is 115 Å². The molecule has 0 fully saturated rings. The molecule has 180 valence electrons. The lowest BCUT2D eigenvalue weighted by atomic mass is 10.0. The number of carbonyl (C=O) groups is 2. The summed E-state index contributed by atoms with van der Waals surface area (Å²) in [5.74, 6) is -0.376. The van der Waals surface area contributed by atoms with E-state index in [1.54, 1.807) is 36.4 Å². The van der Waals surface area contributed by atoms with E-state index in [9.17, 15) is 19.1 Å². The second-order valence-corrected chi connectivity index (χ2v) is 7.67. The van der Waals surface area contributed by atoms with Crippen LogP contribution in [0.25, 0.3) is 22.3 Å². The number of carboxylic acids is 1. The van der Waals surface area contributed by atoms with E-state index in [4.69, 9.17) is 19.6 Å². The standard InChI is InChI=1S/C26H23FN2O6/c1-15(30)29(12-11-28)21-14-22-20(13-23(21)33-2)24(26(31)32)25(35-22)16-3-7-18(8-4-16)34-19-9-5-17(27)6-10-19/h3-10,13-14H,11-12,28H2,1-2H3,(H,31,32). The molecule has 0 bridgehead atoms. The third kappa shape index (κ3) is 4.80. The fraction of sp³-hybridized carbons (Fsp3) is 0.154. The van der Waals surface area contributed by atoms with Gasteiger partial charge in [0, 0.05) is 37.0 Å². The molecule has 1 aromatic heterocycles. The Hall–Kier alpha value is -4.37. The molecule has 35 heavy (non-hydrogen) atoms. The molecule has 4 rings (SSSR count). The van der Waals surface area contributed by atoms with Crippen LogP contribution in [0.4, 0.5) is 10.1 Å². The van der Waals surface area contributed by atoms with E-state index < -0.39 is 5.97 Å². The number of nitrogens with zero attached hydrogens (tertiary/aromatic N) is 1. The van der Waals surface area contributed by atoms with Crippen molar-refractivity contribution in [1.82, 2.24) is 0 Å². The molecule has 1 heterocycles. The number of carboxylic acid groups (broad SMARTS) is 1. The summed E-state index contributed by atoms with van der Waals surface area (Å²) in [7, 11) is 1.44. The number of rotatable bonds is 8. The molecule has 1 amide bonds. The monoisotopic (exact) mass is 478 g/mol. The first kappa shape index (κ1) is 23.8. The summed E-state index contributed by atoms with van der Waals surface area (Å²) in [5.41, 5.74) is 6.84. The molecule has 0 atom stereocenters. The fourth-order valence-electron chi connectivity index (χ4n) is 3.79. The van der Waals surface area contributed by atoms with Crippen LogP contribution < -0.4 is 20.1 Å². The van der Waals surface area contributed by atoms with Crippen molar-refractivity contribution in [3.05, 3.63) is 72.0 Å². The Morgan fingerprint density at radius 1 is 1.06 bits per heavy atom. The quantitative estimate of drug-likeness (QED) is 0.364. The van der Waals surface area contributed by atoms with Crippen LogP contribution in [-0.4, -0.2) is 37.2 Å². The van der Waals surface area contributed by atoms with Crippen molar-refractivity contribution in [3.63, 3.8) is 0 Å². The minimum absolute atomic E-state index is 0.0368. The van der Waals surface area contributed by atoms with Crippen molar-refractivity contribution >= 4 is 28.5 Å². The molecular formula is C26H23FN2O6. The van der Waals surface area contributed by atoms with E-state index >= 15 is 0 Å². The first-order chi connectivity index (χ1) is 16.8. The number of methoxy groups -OCH3 is 1. The molecule has 3 N–H and O–H groups in total. The predicted octanol–water partition coefficient (Wildman–Crippen LogP) is 5.05. The number of hydrogen-bond acceptors (Lipinski definition) is 6. The van der Waals surface area contributed by atoms with Crippen LogP contribution in [-0.2, 0) is 4.79 Å². The van der Waals surface area contributed by atoms with Gasteiger partial charge in [0.15, 0.2) is 0 Å². The lowest BCUT2D eigenvalue weighted by Crippen LogP contribution is -2.33. The van der Waals surface area contributed by atoms with Crippen LogP contribution >= 0.6 is 0 Å². The molecule has 0 aliphatic carbocycles. The van der Waals surface area contributed by atoms with Gasteiger partial charge >= 0.3 is 5.97 Å². The summed E-state index contributed by atoms with van der Waals surface area (Å²) in [6, 6.07) is 15.4. The van der Waals surface area contributed by atoms with Crippen molar-refractivity contribution in [2.24, 2.45) is 5.73 Å². The first-order valence-corrected chi connectivity index (χ1v) is 10.7. The number of furan rings is 1. The van der Waals surface area contributed by atoms with E-state index in [1.165, 1.54) is 43.2 Å². The molecule has 0 aliphatic rings.